The molecule has 2 rings (SSSR count). The minimum Gasteiger partial charge on any atom is -0.496 e. The second-order valence-corrected chi connectivity index (χ2v) is 4.37. The van der Waals surface area contributed by atoms with Gasteiger partial charge in [-0.15, -0.1) is 10.2 Å². The lowest BCUT2D eigenvalue weighted by Gasteiger charge is -2.20. The molecule has 22 heavy (non-hydrogen) atoms. The highest BCUT2D eigenvalue weighted by molar-refractivity contribution is 5.85. The summed E-state index contributed by atoms with van der Waals surface area (Å²) in [5, 5.41) is 13.5. The first-order valence-corrected chi connectivity index (χ1v) is 5.90. The number of ether oxygens (including phenoxy) is 1. The third-order valence-corrected chi connectivity index (χ3v) is 3.00. The van der Waals surface area contributed by atoms with Crippen molar-refractivity contribution in [3.05, 3.63) is 29.3 Å². The molecular formula is C12H9F3N4O3. The van der Waals surface area contributed by atoms with Crippen molar-refractivity contribution in [3.63, 3.8) is 0 Å². The van der Waals surface area contributed by atoms with Gasteiger partial charge in [-0.05, 0) is 22.6 Å². The number of nitrogens with zero attached hydrogens (tertiary/aromatic N) is 4. The molecule has 0 aromatic heterocycles. The number of rotatable bonds is 5. The summed E-state index contributed by atoms with van der Waals surface area (Å²) in [5.74, 6) is -1.79. The van der Waals surface area contributed by atoms with Gasteiger partial charge in [0, 0.05) is 5.56 Å². The summed E-state index contributed by atoms with van der Waals surface area (Å²) >= 11 is 0. The van der Waals surface area contributed by atoms with Gasteiger partial charge in [0.05, 0.1) is 19.1 Å². The van der Waals surface area contributed by atoms with Crippen molar-refractivity contribution < 1.29 is 27.5 Å². The Bertz CT molecular complexity index is 658. The Balaban J connectivity index is 2.45. The molecule has 7 nitrogen and oxygen atoms in total. The quantitative estimate of drug-likeness (QED) is 0.782. The molecule has 1 aliphatic rings. The maximum absolute atomic E-state index is 12.5. The Morgan fingerprint density at radius 2 is 1.95 bits per heavy atom. The average molecular weight is 314 g/mol. The van der Waals surface area contributed by atoms with Crippen molar-refractivity contribution >= 4 is 12.1 Å². The van der Waals surface area contributed by atoms with Crippen LogP contribution in [0.3, 0.4) is 0 Å². The summed E-state index contributed by atoms with van der Waals surface area (Å²) in [6, 6.07) is 3.94. The van der Waals surface area contributed by atoms with E-state index in [2.05, 4.69) is 20.7 Å². The monoisotopic (exact) mass is 314 g/mol. The fourth-order valence-electron chi connectivity index (χ4n) is 1.90. The van der Waals surface area contributed by atoms with E-state index in [-0.39, 0.29) is 16.9 Å². The molecule has 0 amide bonds. The Hall–Kier alpha value is -2.65. The Kier molecular flexibility index (Phi) is 4.02. The van der Waals surface area contributed by atoms with Crippen LogP contribution >= 0.6 is 0 Å². The van der Waals surface area contributed by atoms with Crippen LogP contribution in [-0.4, -0.2) is 25.4 Å². The molecule has 0 atom stereocenters. The topological polar surface area (TPSA) is 92.8 Å². The molecule has 0 radical (unpaired) electrons. The molecule has 0 saturated carbocycles. The van der Waals surface area contributed by atoms with Gasteiger partial charge in [0.2, 0.25) is 11.4 Å². The molecular weight excluding hydrogens is 305 g/mol. The number of ketones is 1. The first-order chi connectivity index (χ1) is 10.3. The van der Waals surface area contributed by atoms with Crippen LogP contribution < -0.4 is 4.74 Å². The molecule has 0 unspecified atom stereocenters. The van der Waals surface area contributed by atoms with Gasteiger partial charge in [0.25, 0.3) is 0 Å². The lowest BCUT2D eigenvalue weighted by molar-refractivity contribution is -0.172. The van der Waals surface area contributed by atoms with E-state index in [1.54, 1.807) is 0 Å². The van der Waals surface area contributed by atoms with Crippen molar-refractivity contribution in [2.24, 2.45) is 20.7 Å². The summed E-state index contributed by atoms with van der Waals surface area (Å²) in [5.41, 5.74) is -1.76. The largest absolute Gasteiger partial charge is 0.496 e. The molecule has 10 heteroatoms. The Morgan fingerprint density at radius 3 is 2.45 bits per heavy atom. The maximum Gasteiger partial charge on any atom is 0.450 e. The van der Waals surface area contributed by atoms with Gasteiger partial charge < -0.3 is 4.74 Å². The number of Topliss-reactive ketones (excluding diaryl/α,β-unsaturated/α-hetero) is 1. The Morgan fingerprint density at radius 1 is 1.32 bits per heavy atom. The number of carbonyl (C=O) groups excluding carboxylic acids is 2. The number of methoxy groups -OCH3 is 1. The van der Waals surface area contributed by atoms with Crippen molar-refractivity contribution in [1.29, 1.82) is 0 Å². The van der Waals surface area contributed by atoms with E-state index in [1.807, 2.05) is 0 Å². The van der Waals surface area contributed by atoms with Gasteiger partial charge in [-0.3, -0.25) is 9.59 Å². The van der Waals surface area contributed by atoms with Gasteiger partial charge in [-0.25, -0.2) is 0 Å². The number of hydrogen-bond acceptors (Lipinski definition) is 7. The van der Waals surface area contributed by atoms with E-state index in [9.17, 15) is 22.8 Å². The lowest BCUT2D eigenvalue weighted by atomic mass is 9.93. The van der Waals surface area contributed by atoms with Crippen LogP contribution in [0.5, 0.6) is 5.75 Å². The number of hydrogen-bond donors (Lipinski definition) is 0. The zero-order valence-corrected chi connectivity index (χ0v) is 11.2. The van der Waals surface area contributed by atoms with E-state index in [4.69, 9.17) is 4.74 Å². The number of aldehydes is 1. The SMILES string of the molecule is COc1ccc(C2(CC(=O)C(F)(F)F)N=NN=N2)cc1C=O. The van der Waals surface area contributed by atoms with Crippen LogP contribution in [0.25, 0.3) is 0 Å². The fraction of sp³-hybridized carbons (Fsp3) is 0.333. The summed E-state index contributed by atoms with van der Waals surface area (Å²) in [6.07, 6.45) is -5.65. The molecule has 0 N–H and O–H groups in total. The molecule has 0 spiro atoms. The molecule has 1 aromatic carbocycles. The summed E-state index contributed by atoms with van der Waals surface area (Å²) in [7, 11) is 1.33. The van der Waals surface area contributed by atoms with Gasteiger partial charge in [0.1, 0.15) is 5.75 Å². The van der Waals surface area contributed by atoms with Crippen molar-refractivity contribution in [1.82, 2.24) is 0 Å². The van der Waals surface area contributed by atoms with Gasteiger partial charge in [-0.2, -0.15) is 13.2 Å². The molecule has 0 bridgehead atoms. The van der Waals surface area contributed by atoms with Crippen LogP contribution in [-0.2, 0) is 10.5 Å². The zero-order valence-electron chi connectivity index (χ0n) is 11.2. The third kappa shape index (κ3) is 2.85. The normalized spacial score (nSPS) is 15.8. The second kappa shape index (κ2) is 5.62. The predicted molar refractivity (Wildman–Crippen MR) is 65.5 cm³/mol. The van der Waals surface area contributed by atoms with Crippen molar-refractivity contribution in [3.8, 4) is 5.75 Å². The number of carbonyl (C=O) groups is 2. The smallest absolute Gasteiger partial charge is 0.450 e. The standard InChI is InChI=1S/C12H9F3N4O3/c1-22-9-3-2-8(4-7(9)6-20)11(16-18-19-17-11)5-10(21)12(13,14)15/h2-4,6H,5H2,1H3. The number of halogens is 3. The van der Waals surface area contributed by atoms with E-state index in [0.29, 0.717) is 6.29 Å². The maximum atomic E-state index is 12.5. The van der Waals surface area contributed by atoms with Crippen LogP contribution in [0, 0.1) is 0 Å². The minimum atomic E-state index is -5.03. The Labute approximate surface area is 121 Å². The molecule has 0 fully saturated rings. The van der Waals surface area contributed by atoms with Crippen molar-refractivity contribution in [2.45, 2.75) is 18.3 Å². The van der Waals surface area contributed by atoms with Gasteiger partial charge in [-0.1, -0.05) is 6.07 Å². The molecule has 0 aliphatic carbocycles. The van der Waals surface area contributed by atoms with Crippen LogP contribution in [0.4, 0.5) is 13.2 Å². The molecule has 1 aromatic rings. The van der Waals surface area contributed by atoms with Crippen LogP contribution in [0.1, 0.15) is 22.3 Å². The third-order valence-electron chi connectivity index (χ3n) is 3.00. The van der Waals surface area contributed by atoms with Crippen molar-refractivity contribution in [2.75, 3.05) is 7.11 Å². The molecule has 1 heterocycles. The van der Waals surface area contributed by atoms with E-state index >= 15 is 0 Å². The molecule has 116 valence electrons. The van der Waals surface area contributed by atoms with Gasteiger partial charge in [0.15, 0.2) is 6.29 Å². The first-order valence-electron chi connectivity index (χ1n) is 5.90. The second-order valence-electron chi connectivity index (χ2n) is 4.37. The zero-order chi connectivity index (χ0) is 16.4. The lowest BCUT2D eigenvalue weighted by Crippen LogP contribution is -2.31. The molecule has 0 saturated heterocycles. The van der Waals surface area contributed by atoms with Crippen LogP contribution in [0.2, 0.25) is 0 Å². The number of benzene rings is 1. The fourth-order valence-corrected chi connectivity index (χ4v) is 1.90. The average Bonchev–Trinajstić information content (AvgIpc) is 2.95. The van der Waals surface area contributed by atoms with E-state index < -0.39 is 24.0 Å². The first kappa shape index (κ1) is 15.7. The minimum absolute atomic E-state index is 0.0798. The van der Waals surface area contributed by atoms with E-state index in [1.165, 1.54) is 25.3 Å². The predicted octanol–water partition coefficient (Wildman–Crippen LogP) is 3.02. The highest BCUT2D eigenvalue weighted by atomic mass is 19.4. The summed E-state index contributed by atoms with van der Waals surface area (Å²) in [6.45, 7) is 0. The van der Waals surface area contributed by atoms with Crippen LogP contribution in [0.15, 0.2) is 38.9 Å². The highest BCUT2D eigenvalue weighted by Crippen LogP contribution is 2.39. The summed E-state index contributed by atoms with van der Waals surface area (Å²) < 4.78 is 42.4. The van der Waals surface area contributed by atoms with E-state index in [0.717, 1.165) is 0 Å². The van der Waals surface area contributed by atoms with Gasteiger partial charge >= 0.3 is 6.18 Å². The number of alkyl halides is 3. The molecule has 1 aliphatic heterocycles. The summed E-state index contributed by atoms with van der Waals surface area (Å²) in [4.78, 5) is 22.3. The highest BCUT2D eigenvalue weighted by Gasteiger charge is 2.47.